The number of carbonyl (C=O) groups excluding carboxylic acids is 1. The van der Waals surface area contributed by atoms with Gasteiger partial charge in [-0.05, 0) is 19.3 Å². The summed E-state index contributed by atoms with van der Waals surface area (Å²) in [6, 6.07) is 6.33. The van der Waals surface area contributed by atoms with Crippen molar-refractivity contribution in [2.45, 2.75) is 108 Å². The van der Waals surface area contributed by atoms with Crippen molar-refractivity contribution in [1.82, 2.24) is 0 Å². The first-order chi connectivity index (χ1) is 14.4. The lowest BCUT2D eigenvalue weighted by Gasteiger charge is -2.40. The fourth-order valence-electron chi connectivity index (χ4n) is 4.40. The van der Waals surface area contributed by atoms with E-state index in [2.05, 4.69) is 6.92 Å². The van der Waals surface area contributed by atoms with E-state index >= 15 is 0 Å². The van der Waals surface area contributed by atoms with E-state index in [1.54, 1.807) is 0 Å². The van der Waals surface area contributed by atoms with E-state index in [4.69, 9.17) is 38.0 Å². The van der Waals surface area contributed by atoms with E-state index in [0.29, 0.717) is 18.4 Å². The molecule has 30 heavy (non-hydrogen) atoms. The number of hydrogen-bond donors (Lipinski definition) is 0. The van der Waals surface area contributed by atoms with Crippen LogP contribution in [0.15, 0.2) is 30.3 Å². The van der Waals surface area contributed by atoms with E-state index in [1.165, 1.54) is 38.5 Å². The van der Waals surface area contributed by atoms with E-state index in [1.807, 2.05) is 30.3 Å². The van der Waals surface area contributed by atoms with Gasteiger partial charge in [0, 0.05) is 5.56 Å². The van der Waals surface area contributed by atoms with Crippen molar-refractivity contribution in [2.24, 2.45) is 0 Å². The summed E-state index contributed by atoms with van der Waals surface area (Å²) in [5.74, 6) is 0.0481. The Labute approximate surface area is 198 Å². The molecular formula is C24H37Cl3O2Si. The van der Waals surface area contributed by atoms with Crippen LogP contribution in [0.4, 0.5) is 0 Å². The van der Waals surface area contributed by atoms with Crippen molar-refractivity contribution in [3.63, 3.8) is 0 Å². The highest BCUT2D eigenvalue weighted by atomic mass is 35.8. The van der Waals surface area contributed by atoms with Crippen molar-refractivity contribution in [1.29, 1.82) is 0 Å². The van der Waals surface area contributed by atoms with Gasteiger partial charge in [0.2, 0.25) is 0 Å². The molecule has 6 heteroatoms. The van der Waals surface area contributed by atoms with Gasteiger partial charge in [-0.1, -0.05) is 108 Å². The fourth-order valence-corrected chi connectivity index (χ4v) is 6.67. The van der Waals surface area contributed by atoms with Gasteiger partial charge in [-0.2, -0.15) is 0 Å². The summed E-state index contributed by atoms with van der Waals surface area (Å²) >= 11 is 19.4. The van der Waals surface area contributed by atoms with Crippen molar-refractivity contribution < 1.29 is 9.53 Å². The molecule has 0 amide bonds. The number of hydrogen-bond acceptors (Lipinski definition) is 2. The summed E-state index contributed by atoms with van der Waals surface area (Å²) in [7, 11) is 0. The zero-order valence-corrected chi connectivity index (χ0v) is 21.6. The first kappa shape index (κ1) is 26.2. The van der Waals surface area contributed by atoms with Gasteiger partial charge in [-0.25, -0.2) is 0 Å². The third kappa shape index (κ3) is 8.46. The smallest absolute Gasteiger partial charge is 0.363 e. The SMILES string of the molecule is CCCCCCCCCCC(OC1(C(=O)c2ccccc2)CCCCC1)[Si](Cl)(Cl)Cl. The molecule has 0 spiro atoms. The molecule has 1 atom stereocenters. The van der Waals surface area contributed by atoms with Crippen LogP contribution in [-0.4, -0.2) is 23.1 Å². The minimum absolute atomic E-state index is 0.0481. The molecule has 1 aromatic rings. The van der Waals surface area contributed by atoms with Gasteiger partial charge in [-0.15, -0.1) is 33.2 Å². The number of halogens is 3. The largest absolute Gasteiger partial charge is 0.369 e. The van der Waals surface area contributed by atoms with Crippen molar-refractivity contribution >= 4 is 45.0 Å². The maximum Gasteiger partial charge on any atom is 0.369 e. The van der Waals surface area contributed by atoms with Crippen LogP contribution in [0.1, 0.15) is 107 Å². The highest BCUT2D eigenvalue weighted by molar-refractivity contribution is 7.65. The number of ketones is 1. The lowest BCUT2D eigenvalue weighted by molar-refractivity contribution is -0.0644. The molecule has 0 bridgehead atoms. The minimum atomic E-state index is -3.11. The highest BCUT2D eigenvalue weighted by Gasteiger charge is 2.48. The van der Waals surface area contributed by atoms with E-state index in [9.17, 15) is 4.79 Å². The second kappa shape index (κ2) is 13.5. The molecule has 0 radical (unpaired) electrons. The van der Waals surface area contributed by atoms with Gasteiger partial charge < -0.3 is 4.74 Å². The Kier molecular flexibility index (Phi) is 11.8. The molecule has 170 valence electrons. The topological polar surface area (TPSA) is 26.3 Å². The summed E-state index contributed by atoms with van der Waals surface area (Å²) in [6.07, 6.45) is 15.1. The Balaban J connectivity index is 1.98. The first-order valence-electron chi connectivity index (χ1n) is 11.7. The maximum atomic E-state index is 13.4. The van der Waals surface area contributed by atoms with Crippen LogP contribution in [0.25, 0.3) is 0 Å². The van der Waals surface area contributed by atoms with E-state index in [0.717, 1.165) is 38.5 Å². The number of Topliss-reactive ketones (excluding diaryl/α,β-unsaturated/α-hetero) is 1. The van der Waals surface area contributed by atoms with Crippen LogP contribution >= 0.6 is 33.2 Å². The van der Waals surface area contributed by atoms with E-state index < -0.39 is 17.3 Å². The average Bonchev–Trinajstić information content (AvgIpc) is 2.75. The van der Waals surface area contributed by atoms with Gasteiger partial charge >= 0.3 is 6.00 Å². The third-order valence-corrected chi connectivity index (χ3v) is 9.49. The second-order valence-electron chi connectivity index (χ2n) is 8.66. The molecule has 0 heterocycles. The Morgan fingerprint density at radius 2 is 1.50 bits per heavy atom. The normalized spacial score (nSPS) is 17.6. The lowest BCUT2D eigenvalue weighted by Crippen LogP contribution is -2.50. The van der Waals surface area contributed by atoms with E-state index in [-0.39, 0.29) is 5.78 Å². The van der Waals surface area contributed by atoms with Gasteiger partial charge in [-0.3, -0.25) is 4.79 Å². The van der Waals surface area contributed by atoms with Crippen molar-refractivity contribution in [2.75, 3.05) is 0 Å². The van der Waals surface area contributed by atoms with Crippen LogP contribution < -0.4 is 0 Å². The monoisotopic (exact) mass is 490 g/mol. The molecule has 1 saturated carbocycles. The van der Waals surface area contributed by atoms with Gasteiger partial charge in [0.05, 0.1) is 5.73 Å². The molecule has 1 aliphatic rings. The minimum Gasteiger partial charge on any atom is -0.363 e. The Morgan fingerprint density at radius 3 is 2.07 bits per heavy atom. The van der Waals surface area contributed by atoms with Gasteiger partial charge in [0.25, 0.3) is 0 Å². The summed E-state index contributed by atoms with van der Waals surface area (Å²) in [5, 5.41) is 0. The molecule has 0 aromatic heterocycles. The molecule has 1 fully saturated rings. The number of rotatable bonds is 14. The lowest BCUT2D eigenvalue weighted by atomic mass is 9.79. The summed E-state index contributed by atoms with van der Waals surface area (Å²) in [4.78, 5) is 13.4. The van der Waals surface area contributed by atoms with Crippen molar-refractivity contribution in [3.8, 4) is 0 Å². The number of ether oxygens (including phenoxy) is 1. The zero-order chi connectivity index (χ0) is 21.9. The predicted molar refractivity (Wildman–Crippen MR) is 132 cm³/mol. The third-order valence-electron chi connectivity index (χ3n) is 6.16. The second-order valence-corrected chi connectivity index (χ2v) is 17.5. The number of benzene rings is 1. The standard InChI is InChI=1S/C24H37Cl3O2Si/c1-2-3-4-5-6-7-8-13-18-22(30(25,26)27)29-24(19-14-10-15-20-24)23(28)21-16-11-9-12-17-21/h9,11-12,16-17,22H,2-8,10,13-15,18-20H2,1H3. The van der Waals surface area contributed by atoms with Crippen LogP contribution in [0.5, 0.6) is 0 Å². The summed E-state index contributed by atoms with van der Waals surface area (Å²) in [6.45, 7) is 2.24. The van der Waals surface area contributed by atoms with Gasteiger partial charge in [0.15, 0.2) is 5.78 Å². The molecule has 2 rings (SSSR count). The Hall–Kier alpha value is -0.0631. The van der Waals surface area contributed by atoms with Crippen LogP contribution in [-0.2, 0) is 4.74 Å². The van der Waals surface area contributed by atoms with Crippen LogP contribution in [0.2, 0.25) is 0 Å². The highest BCUT2D eigenvalue weighted by Crippen LogP contribution is 2.40. The molecule has 1 aromatic carbocycles. The maximum absolute atomic E-state index is 13.4. The summed E-state index contributed by atoms with van der Waals surface area (Å²) in [5.41, 5.74) is -0.592. The Morgan fingerprint density at radius 1 is 0.933 bits per heavy atom. The number of carbonyl (C=O) groups is 1. The molecule has 1 aliphatic carbocycles. The predicted octanol–water partition coefficient (Wildman–Crippen LogP) is 8.68. The fraction of sp³-hybridized carbons (Fsp3) is 0.708. The first-order valence-corrected chi connectivity index (χ1v) is 16.8. The molecule has 1 unspecified atom stereocenters. The molecular weight excluding hydrogens is 455 g/mol. The van der Waals surface area contributed by atoms with Crippen LogP contribution in [0, 0.1) is 0 Å². The zero-order valence-electron chi connectivity index (χ0n) is 18.3. The molecule has 2 nitrogen and oxygen atoms in total. The van der Waals surface area contributed by atoms with Crippen molar-refractivity contribution in [3.05, 3.63) is 35.9 Å². The molecule has 0 saturated heterocycles. The molecule has 0 aliphatic heterocycles. The summed E-state index contributed by atoms with van der Waals surface area (Å²) < 4.78 is 6.54. The molecule has 0 N–H and O–H groups in total. The van der Waals surface area contributed by atoms with Crippen LogP contribution in [0.3, 0.4) is 0 Å². The number of unbranched alkanes of at least 4 members (excludes halogenated alkanes) is 7. The average molecular weight is 492 g/mol. The van der Waals surface area contributed by atoms with Gasteiger partial charge in [0.1, 0.15) is 5.60 Å². The quantitative estimate of drug-likeness (QED) is 0.113. The Bertz CT molecular complexity index is 613.